The molecule has 0 bridgehead atoms. The average Bonchev–Trinajstić information content (AvgIpc) is 1.03. The molecule has 6 atom stereocenters. The van der Waals surface area contributed by atoms with Gasteiger partial charge in [-0.1, -0.05) is 388 Å². The number of hydrogen-bond donors (Lipinski definition) is 3. The third-order valence-electron chi connectivity index (χ3n) is 19.6. The van der Waals surface area contributed by atoms with E-state index in [0.717, 1.165) is 109 Å². The quantitative estimate of drug-likeness (QED) is 0.0222. The Hall–Kier alpha value is -1.94. The molecular formula is C82H160O17P2. The second-order valence-electron chi connectivity index (χ2n) is 29.8. The molecule has 0 aromatic rings. The molecular weight excluding hydrogens is 1320 g/mol. The van der Waals surface area contributed by atoms with Crippen molar-refractivity contribution in [3.05, 3.63) is 0 Å². The molecule has 0 amide bonds. The van der Waals surface area contributed by atoms with Gasteiger partial charge >= 0.3 is 39.5 Å². The molecule has 0 fully saturated rings. The number of phosphoric acid groups is 2. The maximum atomic E-state index is 13.1. The normalized spacial score (nSPS) is 14.1. The fraction of sp³-hybridized carbons (Fsp3) is 0.951. The zero-order chi connectivity index (χ0) is 74.1. The number of aliphatic hydroxyl groups excluding tert-OH is 1. The number of unbranched alkanes of at least 4 members (excludes halogenated alkanes) is 53. The Kier molecular flexibility index (Phi) is 73.5. The van der Waals surface area contributed by atoms with Crippen molar-refractivity contribution in [1.82, 2.24) is 0 Å². The van der Waals surface area contributed by atoms with E-state index in [1.54, 1.807) is 0 Å². The van der Waals surface area contributed by atoms with Crippen LogP contribution in [0.25, 0.3) is 0 Å². The van der Waals surface area contributed by atoms with Gasteiger partial charge in [0.15, 0.2) is 12.2 Å². The van der Waals surface area contributed by atoms with E-state index in [-0.39, 0.29) is 25.7 Å². The Bertz CT molecular complexity index is 1930. The number of carbonyl (C=O) groups excluding carboxylic acids is 4. The largest absolute Gasteiger partial charge is 0.472 e. The molecule has 101 heavy (non-hydrogen) atoms. The molecule has 0 saturated carbocycles. The van der Waals surface area contributed by atoms with Crippen LogP contribution in [0.5, 0.6) is 0 Å². The molecule has 0 aliphatic heterocycles. The molecule has 0 heterocycles. The van der Waals surface area contributed by atoms with Crippen LogP contribution in [0.4, 0.5) is 0 Å². The zero-order valence-corrected chi connectivity index (χ0v) is 67.8. The minimum Gasteiger partial charge on any atom is -0.462 e. The van der Waals surface area contributed by atoms with Crippen LogP contribution in [0.1, 0.15) is 439 Å². The van der Waals surface area contributed by atoms with Gasteiger partial charge in [0.05, 0.1) is 26.4 Å². The molecule has 0 aliphatic rings. The molecule has 600 valence electrons. The highest BCUT2D eigenvalue weighted by atomic mass is 31.2. The maximum Gasteiger partial charge on any atom is 0.472 e. The summed E-state index contributed by atoms with van der Waals surface area (Å²) in [6, 6.07) is 0. The lowest BCUT2D eigenvalue weighted by Crippen LogP contribution is -2.30. The first-order valence-corrected chi connectivity index (χ1v) is 45.7. The number of esters is 4. The van der Waals surface area contributed by atoms with E-state index in [1.165, 1.54) is 250 Å². The van der Waals surface area contributed by atoms with Gasteiger partial charge in [-0.3, -0.25) is 37.3 Å². The summed E-state index contributed by atoms with van der Waals surface area (Å²) >= 11 is 0. The lowest BCUT2D eigenvalue weighted by molar-refractivity contribution is -0.161. The predicted octanol–water partition coefficient (Wildman–Crippen LogP) is 24.8. The first-order chi connectivity index (χ1) is 49.1. The summed E-state index contributed by atoms with van der Waals surface area (Å²) < 4.78 is 68.6. The van der Waals surface area contributed by atoms with E-state index in [1.807, 2.05) is 0 Å². The molecule has 0 radical (unpaired) electrons. The van der Waals surface area contributed by atoms with E-state index in [0.29, 0.717) is 25.7 Å². The zero-order valence-electron chi connectivity index (χ0n) is 66.1. The van der Waals surface area contributed by atoms with E-state index in [9.17, 15) is 43.2 Å². The van der Waals surface area contributed by atoms with Crippen LogP contribution in [-0.4, -0.2) is 96.7 Å². The van der Waals surface area contributed by atoms with Crippen molar-refractivity contribution in [2.45, 2.75) is 457 Å². The lowest BCUT2D eigenvalue weighted by Gasteiger charge is -2.21. The van der Waals surface area contributed by atoms with Crippen LogP contribution in [0, 0.1) is 5.92 Å². The highest BCUT2D eigenvalue weighted by Crippen LogP contribution is 2.45. The molecule has 3 unspecified atom stereocenters. The van der Waals surface area contributed by atoms with Crippen molar-refractivity contribution in [3.63, 3.8) is 0 Å². The number of hydrogen-bond acceptors (Lipinski definition) is 15. The van der Waals surface area contributed by atoms with Crippen LogP contribution in [0.3, 0.4) is 0 Å². The minimum absolute atomic E-state index is 0.108. The molecule has 0 rings (SSSR count). The SMILES string of the molecule is CCCCCCCCCCCCCCCCCCCC(=O)OC[C@H](COP(=O)(O)OC[C@@H](O)COP(=O)(O)OC[C@@H](COC(=O)CCCCCCCCC)OC(=O)CCCCCCCCCCCCCCCCC)OC(=O)CCCCCCCCCCCCCCCCCCCCC(C)CC. The highest BCUT2D eigenvalue weighted by molar-refractivity contribution is 7.47. The third kappa shape index (κ3) is 74.7. The van der Waals surface area contributed by atoms with Gasteiger partial charge in [-0.15, -0.1) is 0 Å². The summed E-state index contributed by atoms with van der Waals surface area (Å²) in [5, 5.41) is 10.6. The van der Waals surface area contributed by atoms with E-state index in [4.69, 9.17) is 37.0 Å². The Morgan fingerprint density at radius 3 is 0.703 bits per heavy atom. The van der Waals surface area contributed by atoms with Crippen molar-refractivity contribution in [2.75, 3.05) is 39.6 Å². The van der Waals surface area contributed by atoms with E-state index >= 15 is 0 Å². The van der Waals surface area contributed by atoms with E-state index in [2.05, 4.69) is 34.6 Å². The van der Waals surface area contributed by atoms with Crippen molar-refractivity contribution in [2.24, 2.45) is 5.92 Å². The summed E-state index contributed by atoms with van der Waals surface area (Å²) in [5.41, 5.74) is 0. The molecule has 0 saturated heterocycles. The molecule has 0 aromatic carbocycles. The van der Waals surface area contributed by atoms with Crippen LogP contribution in [0.2, 0.25) is 0 Å². The minimum atomic E-state index is -4.96. The molecule has 0 aliphatic carbocycles. The Labute approximate surface area is 619 Å². The maximum absolute atomic E-state index is 13.1. The van der Waals surface area contributed by atoms with Gasteiger partial charge in [0.25, 0.3) is 0 Å². The summed E-state index contributed by atoms with van der Waals surface area (Å²) in [4.78, 5) is 72.9. The number of ether oxygens (including phenoxy) is 4. The monoisotopic (exact) mass is 1480 g/mol. The summed E-state index contributed by atoms with van der Waals surface area (Å²) in [7, 11) is -9.91. The predicted molar refractivity (Wildman–Crippen MR) is 414 cm³/mol. The van der Waals surface area contributed by atoms with Crippen LogP contribution in [-0.2, 0) is 65.4 Å². The Balaban J connectivity index is 5.16. The van der Waals surface area contributed by atoms with Crippen molar-refractivity contribution < 1.29 is 80.2 Å². The van der Waals surface area contributed by atoms with Gasteiger partial charge in [0.1, 0.15) is 19.3 Å². The number of rotatable bonds is 82. The summed E-state index contributed by atoms with van der Waals surface area (Å²) in [5.74, 6) is -1.24. The van der Waals surface area contributed by atoms with Gasteiger partial charge in [0.2, 0.25) is 0 Å². The number of carbonyl (C=O) groups is 4. The highest BCUT2D eigenvalue weighted by Gasteiger charge is 2.30. The van der Waals surface area contributed by atoms with Gasteiger partial charge in [0, 0.05) is 25.7 Å². The fourth-order valence-corrected chi connectivity index (χ4v) is 14.3. The molecule has 17 nitrogen and oxygen atoms in total. The molecule has 19 heteroatoms. The molecule has 3 N–H and O–H groups in total. The van der Waals surface area contributed by atoms with Crippen LogP contribution < -0.4 is 0 Å². The van der Waals surface area contributed by atoms with Gasteiger partial charge in [-0.25, -0.2) is 9.13 Å². The first kappa shape index (κ1) is 99.1. The standard InChI is InChI=1S/C82H160O17P2/c1-6-10-13-16-19-21-23-25-27-30-35-38-42-46-51-56-61-66-80(85)93-72-78(99-82(87)68-63-58-53-48-44-40-36-32-29-28-31-34-37-41-45-50-54-59-64-75(5)9-4)74-97-101(90,91)95-70-76(83)69-94-100(88,89)96-73-77(71-92-79(84)65-60-55-49-18-15-12-8-3)98-81(86)67-62-57-52-47-43-39-33-26-24-22-20-17-14-11-7-2/h75-78,83H,6-74H2,1-5H3,(H,88,89)(H,90,91)/t75?,76-,77+,78+/m0/s1. The smallest absolute Gasteiger partial charge is 0.462 e. The molecule has 0 spiro atoms. The molecule has 0 aromatic heterocycles. The number of phosphoric ester groups is 2. The van der Waals surface area contributed by atoms with Crippen molar-refractivity contribution >= 4 is 39.5 Å². The third-order valence-corrected chi connectivity index (χ3v) is 21.5. The second-order valence-corrected chi connectivity index (χ2v) is 32.7. The van der Waals surface area contributed by atoms with Crippen molar-refractivity contribution in [3.8, 4) is 0 Å². The number of aliphatic hydroxyl groups is 1. The van der Waals surface area contributed by atoms with Gasteiger partial charge < -0.3 is 33.8 Å². The summed E-state index contributed by atoms with van der Waals surface area (Å²) in [6.45, 7) is 7.37. The van der Waals surface area contributed by atoms with Gasteiger partial charge in [-0.2, -0.15) is 0 Å². The topological polar surface area (TPSA) is 237 Å². The van der Waals surface area contributed by atoms with Crippen molar-refractivity contribution in [1.29, 1.82) is 0 Å². The first-order valence-electron chi connectivity index (χ1n) is 42.7. The Morgan fingerprint density at radius 2 is 0.475 bits per heavy atom. The van der Waals surface area contributed by atoms with E-state index < -0.39 is 97.5 Å². The summed E-state index contributed by atoms with van der Waals surface area (Å²) in [6.07, 6.45) is 66.7. The van der Waals surface area contributed by atoms with Crippen LogP contribution >= 0.6 is 15.6 Å². The van der Waals surface area contributed by atoms with Crippen LogP contribution in [0.15, 0.2) is 0 Å². The second kappa shape index (κ2) is 74.9. The fourth-order valence-electron chi connectivity index (χ4n) is 12.7. The Morgan fingerprint density at radius 1 is 0.277 bits per heavy atom. The lowest BCUT2D eigenvalue weighted by atomic mass is 9.99. The van der Waals surface area contributed by atoms with Gasteiger partial charge in [-0.05, 0) is 31.6 Å². The average molecular weight is 1480 g/mol.